The van der Waals surface area contributed by atoms with Crippen LogP contribution in [0, 0.1) is 34.6 Å². The second-order valence-electron chi connectivity index (χ2n) is 14.5. The predicted molar refractivity (Wildman–Crippen MR) is 217 cm³/mol. The summed E-state index contributed by atoms with van der Waals surface area (Å²) < 4.78 is 15.6. The molecule has 2 aliphatic heterocycles. The van der Waals surface area contributed by atoms with E-state index in [2.05, 4.69) is 142 Å². The zero-order chi connectivity index (χ0) is 36.0. The Kier molecular flexibility index (Phi) is 6.99. The number of ether oxygens (including phenoxy) is 2. The van der Waals surface area contributed by atoms with Crippen molar-refractivity contribution in [1.82, 2.24) is 14.5 Å². The van der Waals surface area contributed by atoms with Gasteiger partial charge in [0.2, 0.25) is 0 Å². The lowest BCUT2D eigenvalue weighted by Gasteiger charge is -2.33. The number of fused-ring (bicyclic) bond motifs is 5. The van der Waals surface area contributed by atoms with E-state index in [1.165, 1.54) is 38.9 Å². The summed E-state index contributed by atoms with van der Waals surface area (Å²) in [6.07, 6.45) is 1.92. The highest BCUT2D eigenvalue weighted by Crippen LogP contribution is 2.38. The van der Waals surface area contributed by atoms with E-state index in [9.17, 15) is 0 Å². The van der Waals surface area contributed by atoms with Gasteiger partial charge in [0.25, 0.3) is 6.71 Å². The largest absolute Gasteiger partial charge is 0.458 e. The number of hydrogen-bond acceptors (Lipinski definition) is 4. The van der Waals surface area contributed by atoms with Gasteiger partial charge in [0.1, 0.15) is 28.8 Å². The maximum absolute atomic E-state index is 6.63. The molecule has 0 bridgehead atoms. The van der Waals surface area contributed by atoms with Crippen molar-refractivity contribution >= 4 is 34.1 Å². The fourth-order valence-corrected chi connectivity index (χ4v) is 8.72. The molecule has 0 radical (unpaired) electrons. The lowest BCUT2D eigenvalue weighted by Crippen LogP contribution is -2.57. The van der Waals surface area contributed by atoms with Crippen LogP contribution >= 0.6 is 0 Å². The number of pyridine rings is 1. The molecule has 0 saturated heterocycles. The van der Waals surface area contributed by atoms with Crippen molar-refractivity contribution in [2.75, 3.05) is 0 Å². The van der Waals surface area contributed by atoms with Gasteiger partial charge in [-0.3, -0.25) is 9.55 Å². The topological polar surface area (TPSA) is 49.2 Å². The lowest BCUT2D eigenvalue weighted by molar-refractivity contribution is 0.464. The van der Waals surface area contributed by atoms with Crippen LogP contribution in [0.25, 0.3) is 50.5 Å². The molecule has 0 N–H and O–H groups in total. The van der Waals surface area contributed by atoms with Gasteiger partial charge in [0.15, 0.2) is 0 Å². The minimum atomic E-state index is -0.114. The first-order chi connectivity index (χ1) is 25.8. The van der Waals surface area contributed by atoms with Crippen molar-refractivity contribution in [3.8, 4) is 62.5 Å². The Morgan fingerprint density at radius 2 is 1.19 bits per heavy atom. The van der Waals surface area contributed by atoms with Crippen molar-refractivity contribution in [2.45, 2.75) is 34.6 Å². The highest BCUT2D eigenvalue weighted by molar-refractivity contribution is 6.98. The average molecular weight is 686 g/mol. The fraction of sp³-hybridized carbons (Fsp3) is 0.106. The Morgan fingerprint density at radius 3 is 1.91 bits per heavy atom. The number of para-hydroxylation sites is 3. The Hall–Kier alpha value is -6.40. The Balaban J connectivity index is 1.15. The van der Waals surface area contributed by atoms with Crippen LogP contribution in [-0.2, 0) is 0 Å². The van der Waals surface area contributed by atoms with Gasteiger partial charge in [-0.2, -0.15) is 0 Å². The van der Waals surface area contributed by atoms with Crippen molar-refractivity contribution in [3.05, 3.63) is 155 Å². The molecule has 2 aromatic heterocycles. The second kappa shape index (κ2) is 11.8. The van der Waals surface area contributed by atoms with E-state index in [1.54, 1.807) is 0 Å². The first-order valence-electron chi connectivity index (χ1n) is 18.2. The molecule has 0 fully saturated rings. The number of benzene rings is 6. The van der Waals surface area contributed by atoms with Crippen LogP contribution in [-0.4, -0.2) is 21.2 Å². The second-order valence-corrected chi connectivity index (χ2v) is 14.5. The Morgan fingerprint density at radius 1 is 0.547 bits per heavy atom. The summed E-state index contributed by atoms with van der Waals surface area (Å²) in [4.78, 5) is 10.1. The van der Waals surface area contributed by atoms with Gasteiger partial charge in [-0.05, 0) is 145 Å². The molecule has 4 heterocycles. The third kappa shape index (κ3) is 4.93. The minimum Gasteiger partial charge on any atom is -0.458 e. The molecule has 8 aromatic rings. The van der Waals surface area contributed by atoms with E-state index >= 15 is 0 Å². The normalized spacial score (nSPS) is 12.5. The van der Waals surface area contributed by atoms with Crippen LogP contribution in [0.2, 0.25) is 0 Å². The number of aryl methyl sites for hydroxylation is 5. The summed E-state index contributed by atoms with van der Waals surface area (Å²) in [7, 11) is 0. The summed E-state index contributed by atoms with van der Waals surface area (Å²) >= 11 is 0. The molecular weight excluding hydrogens is 649 g/mol. The molecule has 53 heavy (non-hydrogen) atoms. The van der Waals surface area contributed by atoms with Crippen LogP contribution in [0.3, 0.4) is 0 Å². The van der Waals surface area contributed by atoms with Gasteiger partial charge in [0, 0.05) is 17.2 Å². The minimum absolute atomic E-state index is 0.114. The van der Waals surface area contributed by atoms with Gasteiger partial charge < -0.3 is 9.47 Å². The summed E-state index contributed by atoms with van der Waals surface area (Å²) in [5, 5.41) is 0. The third-order valence-electron chi connectivity index (χ3n) is 10.9. The van der Waals surface area contributed by atoms with Crippen molar-refractivity contribution in [1.29, 1.82) is 0 Å². The van der Waals surface area contributed by atoms with E-state index in [1.807, 2.05) is 24.4 Å². The van der Waals surface area contributed by atoms with E-state index in [-0.39, 0.29) is 6.71 Å². The van der Waals surface area contributed by atoms with Crippen LogP contribution in [0.15, 0.2) is 128 Å². The maximum atomic E-state index is 6.63. The molecular formula is C47H36BN3O2. The highest BCUT2D eigenvalue weighted by atomic mass is 16.5. The third-order valence-corrected chi connectivity index (χ3v) is 10.9. The SMILES string of the molecule is Cc1cc(C)c(-c2ccnc(-c3ccc4c(c3)B3c5cc(-c6nc7ccccc7n6-c6c(C)cccc6C)ccc5Oc5cccc(c53)O4)c2)c(C)c1. The van der Waals surface area contributed by atoms with Crippen molar-refractivity contribution in [3.63, 3.8) is 0 Å². The zero-order valence-corrected chi connectivity index (χ0v) is 30.4. The van der Waals surface area contributed by atoms with E-state index in [4.69, 9.17) is 19.4 Å². The molecule has 2 aliphatic rings. The van der Waals surface area contributed by atoms with E-state index in [0.29, 0.717) is 0 Å². The summed E-state index contributed by atoms with van der Waals surface area (Å²) in [6.45, 7) is 10.8. The Bertz CT molecular complexity index is 2760. The molecule has 0 amide bonds. The van der Waals surface area contributed by atoms with Crippen LogP contribution in [0.4, 0.5) is 0 Å². The highest BCUT2D eigenvalue weighted by Gasteiger charge is 2.40. The van der Waals surface area contributed by atoms with Crippen LogP contribution < -0.4 is 25.9 Å². The Labute approximate surface area is 309 Å². The van der Waals surface area contributed by atoms with Gasteiger partial charge in [-0.1, -0.05) is 66.2 Å². The summed E-state index contributed by atoms with van der Waals surface area (Å²) in [6, 6.07) is 42.7. The molecule has 6 aromatic carbocycles. The molecule has 254 valence electrons. The standard InChI is InChI=1S/C47H36BN3O2/c1-27-22-30(4)44(31(5)23-27)33-20-21-49-38(26-33)32-16-18-40-35(24-32)48-36-25-34(17-19-41(36)53-43-15-9-14-42(52-40)45(43)48)47-50-37-12-6-7-13-39(37)51(47)46-28(2)10-8-11-29(46)3/h6-26H,1-5H3. The number of nitrogens with zero attached hydrogens (tertiary/aromatic N) is 3. The number of rotatable bonds is 4. The number of hydrogen-bond donors (Lipinski definition) is 0. The summed E-state index contributed by atoms with van der Waals surface area (Å²) in [5.41, 5.74) is 18.0. The predicted octanol–water partition coefficient (Wildman–Crippen LogP) is 9.69. The van der Waals surface area contributed by atoms with Gasteiger partial charge >= 0.3 is 0 Å². The van der Waals surface area contributed by atoms with E-state index in [0.717, 1.165) is 78.8 Å². The van der Waals surface area contributed by atoms with Gasteiger partial charge in [-0.25, -0.2) is 4.98 Å². The molecule has 6 heteroatoms. The molecule has 0 spiro atoms. The van der Waals surface area contributed by atoms with Crippen LogP contribution in [0.1, 0.15) is 27.8 Å². The molecule has 0 atom stereocenters. The average Bonchev–Trinajstić information content (AvgIpc) is 3.53. The first kappa shape index (κ1) is 31.3. The first-order valence-corrected chi connectivity index (χ1v) is 18.2. The summed E-state index contributed by atoms with van der Waals surface area (Å²) in [5.74, 6) is 4.20. The van der Waals surface area contributed by atoms with Crippen molar-refractivity contribution in [2.24, 2.45) is 0 Å². The molecule has 0 unspecified atom stereocenters. The monoisotopic (exact) mass is 685 g/mol. The molecule has 0 saturated carbocycles. The smallest absolute Gasteiger partial charge is 0.260 e. The van der Waals surface area contributed by atoms with Gasteiger partial charge in [-0.15, -0.1) is 0 Å². The quantitative estimate of drug-likeness (QED) is 0.173. The molecule has 0 aliphatic carbocycles. The zero-order valence-electron chi connectivity index (χ0n) is 30.4. The molecule has 5 nitrogen and oxygen atoms in total. The van der Waals surface area contributed by atoms with Gasteiger partial charge in [0.05, 0.1) is 22.4 Å². The maximum Gasteiger partial charge on any atom is 0.260 e. The lowest BCUT2D eigenvalue weighted by atomic mass is 9.34. The van der Waals surface area contributed by atoms with E-state index < -0.39 is 0 Å². The molecule has 10 rings (SSSR count). The van der Waals surface area contributed by atoms with Crippen LogP contribution in [0.5, 0.6) is 23.0 Å². The number of imidazole rings is 1. The fourth-order valence-electron chi connectivity index (χ4n) is 8.72. The van der Waals surface area contributed by atoms with Crippen molar-refractivity contribution < 1.29 is 9.47 Å². The number of aromatic nitrogens is 3.